The molecule has 3 unspecified atom stereocenters. The normalized spacial score (nSPS) is 22.4. The van der Waals surface area contributed by atoms with Crippen LogP contribution in [0.1, 0.15) is 39.3 Å². The molecule has 24 heavy (non-hydrogen) atoms. The quantitative estimate of drug-likeness (QED) is 0.700. The van der Waals surface area contributed by atoms with Crippen molar-refractivity contribution in [3.63, 3.8) is 0 Å². The Labute approximate surface area is 140 Å². The predicted molar refractivity (Wildman–Crippen MR) is 89.5 cm³/mol. The minimum atomic E-state index is -0.167. The molecule has 2 aromatic heterocycles. The Balaban J connectivity index is 1.84. The molecule has 0 radical (unpaired) electrons. The van der Waals surface area contributed by atoms with Gasteiger partial charge < -0.3 is 20.3 Å². The largest absolute Gasteiger partial charge is 0.394 e. The van der Waals surface area contributed by atoms with Gasteiger partial charge in [0.1, 0.15) is 12.6 Å². The van der Waals surface area contributed by atoms with Crippen LogP contribution in [-0.2, 0) is 4.74 Å². The van der Waals surface area contributed by atoms with Crippen LogP contribution in [-0.4, -0.2) is 55.1 Å². The highest BCUT2D eigenvalue weighted by atomic mass is 16.5. The van der Waals surface area contributed by atoms with Crippen molar-refractivity contribution in [2.75, 3.05) is 18.5 Å². The Morgan fingerprint density at radius 1 is 1.29 bits per heavy atom. The van der Waals surface area contributed by atoms with E-state index in [1.807, 2.05) is 4.57 Å². The molecule has 1 aliphatic rings. The van der Waals surface area contributed by atoms with Crippen molar-refractivity contribution in [3.8, 4) is 0 Å². The van der Waals surface area contributed by atoms with Crippen LogP contribution in [0, 0.1) is 5.92 Å². The third-order valence-electron chi connectivity index (χ3n) is 4.27. The van der Waals surface area contributed by atoms with Gasteiger partial charge in [-0.15, -0.1) is 0 Å². The fourth-order valence-corrected chi connectivity index (χ4v) is 3.14. The molecule has 2 aromatic rings. The summed E-state index contributed by atoms with van der Waals surface area (Å²) in [5.41, 5.74) is 1.35. The maximum absolute atomic E-state index is 9.57. The summed E-state index contributed by atoms with van der Waals surface area (Å²) in [6.45, 7) is 4.29. The Morgan fingerprint density at radius 2 is 2.12 bits per heavy atom. The number of fused-ring (bicyclic) bond motifs is 1. The number of ether oxygens (including phenoxy) is 1. The first kappa shape index (κ1) is 17.1. The van der Waals surface area contributed by atoms with Crippen molar-refractivity contribution in [2.24, 2.45) is 5.92 Å². The van der Waals surface area contributed by atoms with Crippen LogP contribution in [0.4, 0.5) is 5.82 Å². The number of rotatable bonds is 7. The first-order valence-corrected chi connectivity index (χ1v) is 8.43. The lowest BCUT2D eigenvalue weighted by atomic mass is 10.0. The van der Waals surface area contributed by atoms with Crippen molar-refractivity contribution >= 4 is 17.0 Å². The lowest BCUT2D eigenvalue weighted by molar-refractivity contribution is -0.0207. The third kappa shape index (κ3) is 3.50. The summed E-state index contributed by atoms with van der Waals surface area (Å²) in [4.78, 5) is 13.1. The van der Waals surface area contributed by atoms with Gasteiger partial charge >= 0.3 is 0 Å². The van der Waals surface area contributed by atoms with Gasteiger partial charge in [-0.1, -0.05) is 13.8 Å². The van der Waals surface area contributed by atoms with Crippen LogP contribution in [0.5, 0.6) is 0 Å². The van der Waals surface area contributed by atoms with E-state index in [-0.39, 0.29) is 31.6 Å². The zero-order chi connectivity index (χ0) is 17.1. The lowest BCUT2D eigenvalue weighted by Crippen LogP contribution is -2.26. The molecule has 3 N–H and O–H groups in total. The van der Waals surface area contributed by atoms with E-state index in [4.69, 9.17) is 4.74 Å². The Morgan fingerprint density at radius 3 is 2.79 bits per heavy atom. The maximum Gasteiger partial charge on any atom is 0.167 e. The van der Waals surface area contributed by atoms with Crippen molar-refractivity contribution in [1.82, 2.24) is 19.5 Å². The van der Waals surface area contributed by atoms with E-state index in [9.17, 15) is 10.2 Å². The van der Waals surface area contributed by atoms with E-state index in [1.54, 1.807) is 6.33 Å². The average molecular weight is 335 g/mol. The SMILES string of the molecule is CC(C)CC(CO)Nc1ncnc2c1ncn2C1CCC(CO)O1. The van der Waals surface area contributed by atoms with Gasteiger partial charge in [-0.05, 0) is 25.2 Å². The van der Waals surface area contributed by atoms with Gasteiger partial charge in [0.2, 0.25) is 0 Å². The third-order valence-corrected chi connectivity index (χ3v) is 4.27. The van der Waals surface area contributed by atoms with Gasteiger partial charge in [0.25, 0.3) is 0 Å². The molecule has 0 aromatic carbocycles. The van der Waals surface area contributed by atoms with Gasteiger partial charge in [-0.2, -0.15) is 0 Å². The minimum Gasteiger partial charge on any atom is -0.394 e. The molecule has 0 spiro atoms. The van der Waals surface area contributed by atoms with Crippen LogP contribution >= 0.6 is 0 Å². The van der Waals surface area contributed by atoms with Crippen LogP contribution in [0.3, 0.4) is 0 Å². The number of hydrogen-bond donors (Lipinski definition) is 3. The summed E-state index contributed by atoms with van der Waals surface area (Å²) in [5, 5.41) is 22.1. The van der Waals surface area contributed by atoms with Gasteiger partial charge in [-0.25, -0.2) is 15.0 Å². The molecule has 0 aliphatic carbocycles. The van der Waals surface area contributed by atoms with Crippen LogP contribution in [0.25, 0.3) is 11.2 Å². The number of aliphatic hydroxyl groups is 2. The second-order valence-electron chi connectivity index (χ2n) is 6.67. The molecular formula is C16H25N5O3. The summed E-state index contributed by atoms with van der Waals surface area (Å²) >= 11 is 0. The standard InChI is InChI=1S/C16H25N5O3/c1-10(2)5-11(6-22)20-15-14-16(18-8-17-15)21(9-19-14)13-4-3-12(7-23)24-13/h8-13,22-23H,3-7H2,1-2H3,(H,17,18,20). The van der Waals surface area contributed by atoms with E-state index in [1.165, 1.54) is 6.33 Å². The molecule has 1 saturated heterocycles. The smallest absolute Gasteiger partial charge is 0.167 e. The number of aromatic nitrogens is 4. The second kappa shape index (κ2) is 7.42. The molecule has 8 heteroatoms. The predicted octanol–water partition coefficient (Wildman–Crippen LogP) is 1.32. The van der Waals surface area contributed by atoms with E-state index in [0.717, 1.165) is 19.3 Å². The van der Waals surface area contributed by atoms with Gasteiger partial charge in [-0.3, -0.25) is 4.57 Å². The highest BCUT2D eigenvalue weighted by Gasteiger charge is 2.28. The molecule has 8 nitrogen and oxygen atoms in total. The van der Waals surface area contributed by atoms with E-state index < -0.39 is 0 Å². The van der Waals surface area contributed by atoms with Gasteiger partial charge in [0.15, 0.2) is 17.0 Å². The van der Waals surface area contributed by atoms with E-state index >= 15 is 0 Å². The molecule has 3 heterocycles. The highest BCUT2D eigenvalue weighted by molar-refractivity contribution is 5.82. The summed E-state index contributed by atoms with van der Waals surface area (Å²) in [6.07, 6.45) is 5.37. The van der Waals surface area contributed by atoms with E-state index in [0.29, 0.717) is 22.9 Å². The number of aliphatic hydroxyl groups excluding tert-OH is 2. The Kier molecular flexibility index (Phi) is 5.27. The maximum atomic E-state index is 9.57. The Hall–Kier alpha value is -1.77. The second-order valence-corrected chi connectivity index (χ2v) is 6.67. The number of hydrogen-bond acceptors (Lipinski definition) is 7. The van der Waals surface area contributed by atoms with Gasteiger partial charge in [0, 0.05) is 0 Å². The number of nitrogens with zero attached hydrogens (tertiary/aromatic N) is 4. The number of imidazole rings is 1. The molecule has 3 atom stereocenters. The first-order valence-electron chi connectivity index (χ1n) is 8.43. The summed E-state index contributed by atoms with van der Waals surface area (Å²) in [6, 6.07) is -0.0743. The number of nitrogens with one attached hydrogen (secondary N) is 1. The van der Waals surface area contributed by atoms with Crippen molar-refractivity contribution in [1.29, 1.82) is 0 Å². The zero-order valence-electron chi connectivity index (χ0n) is 14.1. The molecule has 0 amide bonds. The van der Waals surface area contributed by atoms with E-state index in [2.05, 4.69) is 34.1 Å². The lowest BCUT2D eigenvalue weighted by Gasteiger charge is -2.19. The highest BCUT2D eigenvalue weighted by Crippen LogP contribution is 2.31. The minimum absolute atomic E-state index is 0.0261. The van der Waals surface area contributed by atoms with Crippen molar-refractivity contribution in [3.05, 3.63) is 12.7 Å². The van der Waals surface area contributed by atoms with Crippen LogP contribution < -0.4 is 5.32 Å². The van der Waals surface area contributed by atoms with Crippen molar-refractivity contribution in [2.45, 2.75) is 51.5 Å². The molecule has 3 rings (SSSR count). The van der Waals surface area contributed by atoms with Crippen LogP contribution in [0.15, 0.2) is 12.7 Å². The monoisotopic (exact) mass is 335 g/mol. The molecule has 1 aliphatic heterocycles. The first-order chi connectivity index (χ1) is 11.6. The summed E-state index contributed by atoms with van der Waals surface area (Å²) in [5.74, 6) is 1.09. The number of anilines is 1. The molecule has 0 bridgehead atoms. The molecular weight excluding hydrogens is 310 g/mol. The summed E-state index contributed by atoms with van der Waals surface area (Å²) < 4.78 is 7.69. The fraction of sp³-hybridized carbons (Fsp3) is 0.688. The topological polar surface area (TPSA) is 105 Å². The molecule has 0 saturated carbocycles. The van der Waals surface area contributed by atoms with Crippen molar-refractivity contribution < 1.29 is 14.9 Å². The van der Waals surface area contributed by atoms with Gasteiger partial charge in [0.05, 0.1) is 31.7 Å². The van der Waals surface area contributed by atoms with Crippen LogP contribution in [0.2, 0.25) is 0 Å². The average Bonchev–Trinajstić information content (AvgIpc) is 3.20. The molecule has 132 valence electrons. The summed E-state index contributed by atoms with van der Waals surface area (Å²) in [7, 11) is 0. The fourth-order valence-electron chi connectivity index (χ4n) is 3.14. The Bertz CT molecular complexity index is 675. The zero-order valence-corrected chi connectivity index (χ0v) is 14.1. The molecule has 1 fully saturated rings.